The largest absolute Gasteiger partial charge is 0.354 e. The lowest BCUT2D eigenvalue weighted by molar-refractivity contribution is -0.140. The number of carbonyl (C=O) groups excluding carboxylic acids is 2. The Morgan fingerprint density at radius 2 is 1.56 bits per heavy atom. The average molecular weight is 597 g/mol. The number of benzene rings is 2. The first-order valence-electron chi connectivity index (χ1n) is 11.3. The molecule has 2 aromatic carbocycles. The van der Waals surface area contributed by atoms with E-state index in [1.54, 1.807) is 25.1 Å². The third-order valence-corrected chi connectivity index (χ3v) is 8.04. The molecular weight excluding hydrogens is 568 g/mol. The third kappa shape index (κ3) is 8.42. The van der Waals surface area contributed by atoms with E-state index in [9.17, 15) is 18.0 Å². The first-order valence-corrected chi connectivity index (χ1v) is 14.7. The van der Waals surface area contributed by atoms with Crippen LogP contribution in [0.2, 0.25) is 20.1 Å². The molecule has 2 amide bonds. The highest BCUT2D eigenvalue weighted by Gasteiger charge is 2.32. The minimum atomic E-state index is -3.89. The SMILES string of the molecule is CCCCNC(=O)C(CC)N(Cc1ccc(Cl)c(Cl)c1)C(=O)CN(c1ccc(Cl)c(Cl)c1)S(C)(=O)=O. The van der Waals surface area contributed by atoms with Crippen molar-refractivity contribution < 1.29 is 18.0 Å². The van der Waals surface area contributed by atoms with Crippen LogP contribution in [0.4, 0.5) is 5.69 Å². The molecule has 198 valence electrons. The second-order valence-electron chi connectivity index (χ2n) is 8.21. The molecule has 1 N–H and O–H groups in total. The number of nitrogens with one attached hydrogen (secondary N) is 1. The molecule has 12 heteroatoms. The van der Waals surface area contributed by atoms with Gasteiger partial charge in [0.25, 0.3) is 0 Å². The van der Waals surface area contributed by atoms with E-state index in [1.165, 1.54) is 23.1 Å². The molecule has 0 heterocycles. The third-order valence-electron chi connectivity index (χ3n) is 5.42. The fourth-order valence-electron chi connectivity index (χ4n) is 3.51. The summed E-state index contributed by atoms with van der Waals surface area (Å²) >= 11 is 24.3. The predicted octanol–water partition coefficient (Wildman–Crippen LogP) is 5.79. The van der Waals surface area contributed by atoms with Crippen LogP contribution in [0.25, 0.3) is 0 Å². The van der Waals surface area contributed by atoms with E-state index in [2.05, 4.69) is 5.32 Å². The maximum absolute atomic E-state index is 13.6. The zero-order chi connectivity index (χ0) is 27.0. The minimum Gasteiger partial charge on any atom is -0.354 e. The summed E-state index contributed by atoms with van der Waals surface area (Å²) < 4.78 is 26.2. The molecule has 0 aliphatic carbocycles. The molecule has 0 aromatic heterocycles. The van der Waals surface area contributed by atoms with E-state index in [0.29, 0.717) is 28.6 Å². The highest BCUT2D eigenvalue weighted by molar-refractivity contribution is 7.92. The Morgan fingerprint density at radius 1 is 0.944 bits per heavy atom. The lowest BCUT2D eigenvalue weighted by Crippen LogP contribution is -2.52. The van der Waals surface area contributed by atoms with E-state index in [1.807, 2.05) is 6.92 Å². The standard InChI is InChI=1S/C24H29Cl4N3O4S/c1-4-6-11-29-24(33)22(5-2)30(14-16-7-9-18(25)20(27)12-16)23(32)15-31(36(3,34)35)17-8-10-19(26)21(28)13-17/h7-10,12-13,22H,4-6,11,14-15H2,1-3H3,(H,29,33). The van der Waals surface area contributed by atoms with Crippen LogP contribution in [0.1, 0.15) is 38.7 Å². The van der Waals surface area contributed by atoms with Gasteiger partial charge < -0.3 is 10.2 Å². The van der Waals surface area contributed by atoms with Gasteiger partial charge in [-0.25, -0.2) is 8.42 Å². The number of carbonyl (C=O) groups is 2. The minimum absolute atomic E-state index is 0.0222. The van der Waals surface area contributed by atoms with E-state index < -0.39 is 28.5 Å². The normalized spacial score (nSPS) is 12.2. The summed E-state index contributed by atoms with van der Waals surface area (Å²) in [5.74, 6) is -0.894. The van der Waals surface area contributed by atoms with Crippen LogP contribution in [0.5, 0.6) is 0 Å². The van der Waals surface area contributed by atoms with Crippen LogP contribution in [-0.2, 0) is 26.2 Å². The zero-order valence-electron chi connectivity index (χ0n) is 20.2. The molecule has 2 aromatic rings. The van der Waals surface area contributed by atoms with Crippen molar-refractivity contribution in [3.05, 3.63) is 62.1 Å². The van der Waals surface area contributed by atoms with Crippen LogP contribution in [-0.4, -0.2) is 50.5 Å². The number of rotatable bonds is 12. The van der Waals surface area contributed by atoms with Crippen molar-refractivity contribution in [2.75, 3.05) is 23.7 Å². The van der Waals surface area contributed by atoms with Gasteiger partial charge in [-0.2, -0.15) is 0 Å². The van der Waals surface area contributed by atoms with E-state index in [0.717, 1.165) is 23.4 Å². The summed E-state index contributed by atoms with van der Waals surface area (Å²) in [4.78, 5) is 28.0. The lowest BCUT2D eigenvalue weighted by Gasteiger charge is -2.33. The molecule has 0 bridgehead atoms. The van der Waals surface area contributed by atoms with Gasteiger partial charge in [-0.3, -0.25) is 13.9 Å². The van der Waals surface area contributed by atoms with Gasteiger partial charge in [-0.1, -0.05) is 72.7 Å². The number of hydrogen-bond acceptors (Lipinski definition) is 4. The number of hydrogen-bond donors (Lipinski definition) is 1. The molecule has 0 spiro atoms. The second kappa shape index (κ2) is 13.7. The monoisotopic (exact) mass is 595 g/mol. The Labute approximate surface area is 232 Å². The number of amides is 2. The Balaban J connectivity index is 2.45. The molecule has 7 nitrogen and oxygen atoms in total. The quantitative estimate of drug-likeness (QED) is 0.314. The highest BCUT2D eigenvalue weighted by Crippen LogP contribution is 2.29. The molecule has 1 unspecified atom stereocenters. The molecule has 2 rings (SSSR count). The predicted molar refractivity (Wildman–Crippen MR) is 148 cm³/mol. The van der Waals surface area contributed by atoms with Crippen LogP contribution < -0.4 is 9.62 Å². The molecule has 0 aliphatic heterocycles. The van der Waals surface area contributed by atoms with Gasteiger partial charge in [-0.05, 0) is 48.7 Å². The van der Waals surface area contributed by atoms with Crippen LogP contribution in [0.15, 0.2) is 36.4 Å². The molecule has 0 fully saturated rings. The van der Waals surface area contributed by atoms with Crippen molar-refractivity contribution in [1.82, 2.24) is 10.2 Å². The molecule has 1 atom stereocenters. The van der Waals surface area contributed by atoms with Gasteiger partial charge in [0, 0.05) is 13.1 Å². The molecule has 0 saturated carbocycles. The Morgan fingerprint density at radius 3 is 2.08 bits per heavy atom. The Bertz CT molecular complexity index is 1190. The molecule has 0 radical (unpaired) electrons. The highest BCUT2D eigenvalue weighted by atomic mass is 35.5. The van der Waals surface area contributed by atoms with E-state index >= 15 is 0 Å². The maximum Gasteiger partial charge on any atom is 0.244 e. The number of unbranched alkanes of at least 4 members (excludes halogenated alkanes) is 1. The van der Waals surface area contributed by atoms with Gasteiger partial charge in [0.1, 0.15) is 12.6 Å². The van der Waals surface area contributed by atoms with Crippen LogP contribution in [0.3, 0.4) is 0 Å². The number of nitrogens with zero attached hydrogens (tertiary/aromatic N) is 2. The van der Waals surface area contributed by atoms with Gasteiger partial charge in [0.2, 0.25) is 21.8 Å². The first kappa shape index (κ1) is 30.5. The van der Waals surface area contributed by atoms with Gasteiger partial charge in [-0.15, -0.1) is 0 Å². The Hall–Kier alpha value is -1.71. The second-order valence-corrected chi connectivity index (χ2v) is 11.7. The summed E-state index contributed by atoms with van der Waals surface area (Å²) in [5, 5.41) is 3.90. The smallest absolute Gasteiger partial charge is 0.244 e. The number of sulfonamides is 1. The summed E-state index contributed by atoms with van der Waals surface area (Å²) in [6.45, 7) is 3.74. The van der Waals surface area contributed by atoms with Crippen molar-refractivity contribution in [1.29, 1.82) is 0 Å². The molecular formula is C24H29Cl4N3O4S. The summed E-state index contributed by atoms with van der Waals surface area (Å²) in [5.41, 5.74) is 0.813. The van der Waals surface area contributed by atoms with Crippen LogP contribution in [0, 0.1) is 0 Å². The van der Waals surface area contributed by atoms with Crippen molar-refractivity contribution in [3.8, 4) is 0 Å². The van der Waals surface area contributed by atoms with Crippen LogP contribution >= 0.6 is 46.4 Å². The fourth-order valence-corrected chi connectivity index (χ4v) is 4.97. The van der Waals surface area contributed by atoms with Gasteiger partial charge >= 0.3 is 0 Å². The number of halogens is 4. The molecule has 0 aliphatic rings. The van der Waals surface area contributed by atoms with Crippen molar-refractivity contribution >= 4 is 73.9 Å². The number of anilines is 1. The Kier molecular flexibility index (Phi) is 11.6. The van der Waals surface area contributed by atoms with E-state index in [4.69, 9.17) is 46.4 Å². The van der Waals surface area contributed by atoms with Crippen molar-refractivity contribution in [3.63, 3.8) is 0 Å². The fraction of sp³-hybridized carbons (Fsp3) is 0.417. The average Bonchev–Trinajstić information content (AvgIpc) is 2.80. The first-order chi connectivity index (χ1) is 16.9. The lowest BCUT2D eigenvalue weighted by atomic mass is 10.1. The van der Waals surface area contributed by atoms with Crippen molar-refractivity contribution in [2.24, 2.45) is 0 Å². The summed E-state index contributed by atoms with van der Waals surface area (Å²) in [7, 11) is -3.89. The maximum atomic E-state index is 13.6. The molecule has 36 heavy (non-hydrogen) atoms. The van der Waals surface area contributed by atoms with Gasteiger partial charge in [0.05, 0.1) is 32.0 Å². The topological polar surface area (TPSA) is 86.8 Å². The van der Waals surface area contributed by atoms with Gasteiger partial charge in [0.15, 0.2) is 0 Å². The zero-order valence-corrected chi connectivity index (χ0v) is 24.1. The molecule has 0 saturated heterocycles. The van der Waals surface area contributed by atoms with Crippen molar-refractivity contribution in [2.45, 2.75) is 45.7 Å². The summed E-state index contributed by atoms with van der Waals surface area (Å²) in [6.07, 6.45) is 3.00. The summed E-state index contributed by atoms with van der Waals surface area (Å²) in [6, 6.07) is 8.35. The van der Waals surface area contributed by atoms with E-state index in [-0.39, 0.29) is 28.2 Å².